The van der Waals surface area contributed by atoms with Gasteiger partial charge in [-0.25, -0.2) is 4.98 Å². The number of benzene rings is 1. The van der Waals surface area contributed by atoms with Crippen molar-refractivity contribution in [3.63, 3.8) is 0 Å². The molecule has 0 unspecified atom stereocenters. The molecular weight excluding hydrogens is 354 g/mol. The number of amides is 1. The predicted octanol–water partition coefficient (Wildman–Crippen LogP) is 1.33. The van der Waals surface area contributed by atoms with Gasteiger partial charge >= 0.3 is 0 Å². The Bertz CT molecular complexity index is 1010. The number of carbonyl (C=O) groups excluding carboxylic acids is 1. The number of rotatable bonds is 6. The van der Waals surface area contributed by atoms with Crippen LogP contribution in [0.15, 0.2) is 40.0 Å². The summed E-state index contributed by atoms with van der Waals surface area (Å²) in [4.78, 5) is 34.2. The van der Waals surface area contributed by atoms with E-state index in [2.05, 4.69) is 25.4 Å². The molecule has 3 aromatic rings. The monoisotopic (exact) mass is 371 g/mol. The van der Waals surface area contributed by atoms with Crippen LogP contribution in [0.2, 0.25) is 0 Å². The van der Waals surface area contributed by atoms with E-state index in [0.29, 0.717) is 22.9 Å². The standard InChI is InChI=1S/C17H17N5O5/c1-9(20-16(24)11-7-18-8-19-15(11)23)17-21-14(22-27-17)10-4-5-12(25-2)13(6-10)26-3/h4-9H,1-3H3,(H,20,24)(H,18,19,23)/t9-/m0/s1. The first-order valence-corrected chi connectivity index (χ1v) is 7.93. The van der Waals surface area contributed by atoms with Crippen LogP contribution in [0.4, 0.5) is 0 Å². The lowest BCUT2D eigenvalue weighted by molar-refractivity contribution is 0.0930. The molecule has 1 amide bonds. The molecule has 3 rings (SSSR count). The summed E-state index contributed by atoms with van der Waals surface area (Å²) in [5.74, 6) is 1.02. The first-order valence-electron chi connectivity index (χ1n) is 7.93. The van der Waals surface area contributed by atoms with Crippen molar-refractivity contribution in [1.82, 2.24) is 25.4 Å². The van der Waals surface area contributed by atoms with Crippen molar-refractivity contribution >= 4 is 5.91 Å². The maximum Gasteiger partial charge on any atom is 0.263 e. The van der Waals surface area contributed by atoms with Crippen LogP contribution in [0, 0.1) is 0 Å². The second-order valence-corrected chi connectivity index (χ2v) is 5.52. The van der Waals surface area contributed by atoms with Crippen LogP contribution in [0.25, 0.3) is 11.4 Å². The summed E-state index contributed by atoms with van der Waals surface area (Å²) in [5, 5.41) is 6.54. The lowest BCUT2D eigenvalue weighted by Gasteiger charge is -2.09. The summed E-state index contributed by atoms with van der Waals surface area (Å²) >= 11 is 0. The Hall–Kier alpha value is -3.69. The van der Waals surface area contributed by atoms with Crippen molar-refractivity contribution in [2.24, 2.45) is 0 Å². The number of H-pyrrole nitrogens is 1. The third-order valence-electron chi connectivity index (χ3n) is 3.76. The van der Waals surface area contributed by atoms with E-state index in [0.717, 1.165) is 0 Å². The van der Waals surface area contributed by atoms with Gasteiger partial charge < -0.3 is 24.3 Å². The number of nitrogens with one attached hydrogen (secondary N) is 2. The molecular formula is C17H17N5O5. The van der Waals surface area contributed by atoms with Crippen molar-refractivity contribution in [3.05, 3.63) is 52.5 Å². The number of aromatic amines is 1. The van der Waals surface area contributed by atoms with E-state index in [1.165, 1.54) is 19.6 Å². The first-order chi connectivity index (χ1) is 13.0. The quantitative estimate of drug-likeness (QED) is 0.663. The fraction of sp³-hybridized carbons (Fsp3) is 0.235. The molecule has 0 saturated carbocycles. The lowest BCUT2D eigenvalue weighted by atomic mass is 10.2. The van der Waals surface area contributed by atoms with Gasteiger partial charge in [0.25, 0.3) is 11.5 Å². The lowest BCUT2D eigenvalue weighted by Crippen LogP contribution is -2.31. The predicted molar refractivity (Wildman–Crippen MR) is 93.6 cm³/mol. The number of nitrogens with zero attached hydrogens (tertiary/aromatic N) is 3. The van der Waals surface area contributed by atoms with Crippen molar-refractivity contribution in [3.8, 4) is 22.9 Å². The molecule has 1 aromatic carbocycles. The van der Waals surface area contributed by atoms with Crippen molar-refractivity contribution < 1.29 is 18.8 Å². The maximum absolute atomic E-state index is 12.2. The second kappa shape index (κ2) is 7.68. The summed E-state index contributed by atoms with van der Waals surface area (Å²) in [6.45, 7) is 1.66. The zero-order chi connectivity index (χ0) is 19.4. The van der Waals surface area contributed by atoms with Crippen molar-refractivity contribution in [2.75, 3.05) is 14.2 Å². The smallest absolute Gasteiger partial charge is 0.263 e. The highest BCUT2D eigenvalue weighted by Crippen LogP contribution is 2.31. The van der Waals surface area contributed by atoms with E-state index >= 15 is 0 Å². The van der Waals surface area contributed by atoms with E-state index < -0.39 is 17.5 Å². The molecule has 2 aromatic heterocycles. The number of aromatic nitrogens is 4. The van der Waals surface area contributed by atoms with Gasteiger partial charge in [-0.1, -0.05) is 5.16 Å². The number of hydrogen-bond donors (Lipinski definition) is 2. The molecule has 0 radical (unpaired) electrons. The molecule has 0 aliphatic carbocycles. The molecule has 0 fully saturated rings. The number of methoxy groups -OCH3 is 2. The van der Waals surface area contributed by atoms with Gasteiger partial charge in [0.05, 0.1) is 20.5 Å². The molecule has 10 nitrogen and oxygen atoms in total. The molecule has 10 heteroatoms. The van der Waals surface area contributed by atoms with E-state index in [4.69, 9.17) is 14.0 Å². The summed E-state index contributed by atoms with van der Waals surface area (Å²) in [7, 11) is 3.07. The Labute approximate surface area is 153 Å². The molecule has 0 bridgehead atoms. The first kappa shape index (κ1) is 18.1. The number of ether oxygens (including phenoxy) is 2. The van der Waals surface area contributed by atoms with Crippen LogP contribution >= 0.6 is 0 Å². The molecule has 0 saturated heterocycles. The Morgan fingerprint density at radius 1 is 1.26 bits per heavy atom. The Balaban J connectivity index is 1.78. The normalized spacial score (nSPS) is 11.7. The molecule has 0 aliphatic heterocycles. The maximum atomic E-state index is 12.2. The Morgan fingerprint density at radius 2 is 2.04 bits per heavy atom. The van der Waals surface area contributed by atoms with Crippen LogP contribution in [-0.2, 0) is 0 Å². The van der Waals surface area contributed by atoms with Gasteiger partial charge in [-0.15, -0.1) is 0 Å². The molecule has 2 N–H and O–H groups in total. The van der Waals surface area contributed by atoms with Gasteiger partial charge in [-0.05, 0) is 25.1 Å². The highest BCUT2D eigenvalue weighted by molar-refractivity contribution is 5.93. The largest absolute Gasteiger partial charge is 0.493 e. The zero-order valence-electron chi connectivity index (χ0n) is 14.8. The average molecular weight is 371 g/mol. The van der Waals surface area contributed by atoms with Gasteiger partial charge in [0.1, 0.15) is 11.6 Å². The number of hydrogen-bond acceptors (Lipinski definition) is 8. The van der Waals surface area contributed by atoms with E-state index in [1.54, 1.807) is 32.2 Å². The van der Waals surface area contributed by atoms with Crippen LogP contribution < -0.4 is 20.3 Å². The van der Waals surface area contributed by atoms with Gasteiger partial charge in [-0.3, -0.25) is 9.59 Å². The third kappa shape index (κ3) is 3.78. The second-order valence-electron chi connectivity index (χ2n) is 5.52. The SMILES string of the molecule is COc1ccc(-c2noc([C@H](C)NC(=O)c3cnc[nH]c3=O)n2)cc1OC. The molecule has 2 heterocycles. The third-order valence-corrected chi connectivity index (χ3v) is 3.76. The number of carbonyl (C=O) groups is 1. The molecule has 1 atom stereocenters. The van der Waals surface area contributed by atoms with Gasteiger partial charge in [0.15, 0.2) is 11.5 Å². The molecule has 0 aliphatic rings. The highest BCUT2D eigenvalue weighted by atomic mass is 16.5. The average Bonchev–Trinajstić information content (AvgIpc) is 3.18. The van der Waals surface area contributed by atoms with Crippen LogP contribution in [-0.4, -0.2) is 40.2 Å². The van der Waals surface area contributed by atoms with Crippen LogP contribution in [0.1, 0.15) is 29.2 Å². The van der Waals surface area contributed by atoms with Crippen molar-refractivity contribution in [1.29, 1.82) is 0 Å². The van der Waals surface area contributed by atoms with Crippen molar-refractivity contribution in [2.45, 2.75) is 13.0 Å². The minimum Gasteiger partial charge on any atom is -0.493 e. The minimum atomic E-state index is -0.612. The summed E-state index contributed by atoms with van der Waals surface area (Å²) < 4.78 is 15.7. The fourth-order valence-electron chi connectivity index (χ4n) is 2.35. The Kier molecular flexibility index (Phi) is 5.15. The van der Waals surface area contributed by atoms with Gasteiger partial charge in [-0.2, -0.15) is 4.98 Å². The molecule has 140 valence electrons. The van der Waals surface area contributed by atoms with Crippen LogP contribution in [0.3, 0.4) is 0 Å². The van der Waals surface area contributed by atoms with E-state index in [-0.39, 0.29) is 11.5 Å². The van der Waals surface area contributed by atoms with Gasteiger partial charge in [0, 0.05) is 11.8 Å². The van der Waals surface area contributed by atoms with Gasteiger partial charge in [0.2, 0.25) is 11.7 Å². The topological polar surface area (TPSA) is 132 Å². The van der Waals surface area contributed by atoms with E-state index in [9.17, 15) is 9.59 Å². The minimum absolute atomic E-state index is 0.107. The highest BCUT2D eigenvalue weighted by Gasteiger charge is 2.20. The molecule has 27 heavy (non-hydrogen) atoms. The van der Waals surface area contributed by atoms with Crippen LogP contribution in [0.5, 0.6) is 11.5 Å². The fourth-order valence-corrected chi connectivity index (χ4v) is 2.35. The molecule has 0 spiro atoms. The summed E-state index contributed by atoms with van der Waals surface area (Å²) in [6.07, 6.45) is 2.39. The summed E-state index contributed by atoms with van der Waals surface area (Å²) in [6, 6.07) is 4.59. The summed E-state index contributed by atoms with van der Waals surface area (Å²) in [5.41, 5.74) is 0.0140. The Morgan fingerprint density at radius 3 is 2.74 bits per heavy atom. The zero-order valence-corrected chi connectivity index (χ0v) is 14.8. The van der Waals surface area contributed by atoms with E-state index in [1.807, 2.05) is 0 Å².